The third-order valence-corrected chi connectivity index (χ3v) is 1.07. The van der Waals surface area contributed by atoms with E-state index in [0.717, 1.165) is 0 Å². The number of carbonyl (C=O) groups is 2. The maximum Gasteiger partial charge on any atom is 0.517 e. The summed E-state index contributed by atoms with van der Waals surface area (Å²) in [6.45, 7) is 3.38. The molecular weight excluding hydrogens is 136 g/mol. The highest BCUT2D eigenvalue weighted by atomic mass is 16.8. The highest BCUT2D eigenvalue weighted by Crippen LogP contribution is 2.11. The van der Waals surface area contributed by atoms with Gasteiger partial charge in [0.1, 0.15) is 0 Å². The molecule has 1 aliphatic rings. The molecule has 1 heterocycles. The Kier molecular flexibility index (Phi) is 1.71. The molecule has 1 fully saturated rings. The van der Waals surface area contributed by atoms with Crippen molar-refractivity contribution in [2.75, 3.05) is 0 Å². The van der Waals surface area contributed by atoms with Crippen LogP contribution in [-0.4, -0.2) is 18.2 Å². The van der Waals surface area contributed by atoms with Gasteiger partial charge >= 0.3 is 12.1 Å². The Balaban J connectivity index is 2.54. The highest BCUT2D eigenvalue weighted by molar-refractivity contribution is 5.90. The molecule has 1 saturated heterocycles. The zero-order valence-corrected chi connectivity index (χ0v) is 5.20. The van der Waals surface area contributed by atoms with Gasteiger partial charge in [0.05, 0.1) is 0 Å². The molecule has 1 aliphatic heterocycles. The predicted molar refractivity (Wildman–Crippen MR) is 31.2 cm³/mol. The van der Waals surface area contributed by atoms with Gasteiger partial charge in [-0.15, -0.1) is 6.58 Å². The Morgan fingerprint density at radius 1 is 1.60 bits per heavy atom. The summed E-state index contributed by atoms with van der Waals surface area (Å²) < 4.78 is 8.51. The Bertz CT molecular complexity index is 184. The van der Waals surface area contributed by atoms with Gasteiger partial charge in [-0.25, -0.2) is 9.59 Å². The van der Waals surface area contributed by atoms with Crippen molar-refractivity contribution in [3.63, 3.8) is 0 Å². The van der Waals surface area contributed by atoms with Crippen molar-refractivity contribution in [1.82, 2.24) is 0 Å². The lowest BCUT2D eigenvalue weighted by Gasteiger charge is -1.96. The highest BCUT2D eigenvalue weighted by Gasteiger charge is 2.33. The summed E-state index contributed by atoms with van der Waals surface area (Å²) in [4.78, 5) is 20.8. The van der Waals surface area contributed by atoms with Gasteiger partial charge in [0.2, 0.25) is 6.10 Å². The molecule has 0 spiro atoms. The first-order valence-electron chi connectivity index (χ1n) is 2.77. The van der Waals surface area contributed by atoms with Crippen molar-refractivity contribution in [3.8, 4) is 0 Å². The predicted octanol–water partition coefficient (Wildman–Crippen LogP) is 0.624. The van der Waals surface area contributed by atoms with Gasteiger partial charge in [-0.3, -0.25) is 0 Å². The van der Waals surface area contributed by atoms with Crippen LogP contribution in [0, 0.1) is 0 Å². The van der Waals surface area contributed by atoms with Gasteiger partial charge in [0.25, 0.3) is 0 Å². The van der Waals surface area contributed by atoms with E-state index in [4.69, 9.17) is 0 Å². The molecule has 1 atom stereocenters. The summed E-state index contributed by atoms with van der Waals surface area (Å²) in [5.41, 5.74) is 0. The Morgan fingerprint density at radius 2 is 2.30 bits per heavy atom. The third-order valence-electron chi connectivity index (χ3n) is 1.07. The van der Waals surface area contributed by atoms with Gasteiger partial charge in [0.15, 0.2) is 0 Å². The second-order valence-electron chi connectivity index (χ2n) is 1.80. The van der Waals surface area contributed by atoms with E-state index in [1.165, 1.54) is 6.08 Å². The molecule has 0 aliphatic carbocycles. The molecule has 0 aromatic carbocycles. The lowest BCUT2D eigenvalue weighted by Crippen LogP contribution is -2.14. The molecule has 4 nitrogen and oxygen atoms in total. The fourth-order valence-electron chi connectivity index (χ4n) is 0.632. The summed E-state index contributed by atoms with van der Waals surface area (Å²) in [7, 11) is 0. The Morgan fingerprint density at radius 3 is 2.70 bits per heavy atom. The molecule has 0 aromatic rings. The van der Waals surface area contributed by atoms with Crippen molar-refractivity contribution >= 4 is 12.1 Å². The van der Waals surface area contributed by atoms with Gasteiger partial charge in [0, 0.05) is 6.42 Å². The van der Waals surface area contributed by atoms with Crippen LogP contribution in [0.25, 0.3) is 0 Å². The normalized spacial score (nSPS) is 23.8. The average molecular weight is 142 g/mol. The van der Waals surface area contributed by atoms with E-state index in [9.17, 15) is 9.59 Å². The van der Waals surface area contributed by atoms with Gasteiger partial charge in [-0.1, -0.05) is 6.08 Å². The molecule has 10 heavy (non-hydrogen) atoms. The standard InChI is InChI=1S/C6H6O4/c1-2-3-4-5(7)10-6(8)9-4/h2,4H,1,3H2. The van der Waals surface area contributed by atoms with Crippen LogP contribution in [0.2, 0.25) is 0 Å². The van der Waals surface area contributed by atoms with Crippen molar-refractivity contribution in [3.05, 3.63) is 12.7 Å². The van der Waals surface area contributed by atoms with E-state index in [-0.39, 0.29) is 0 Å². The second kappa shape index (κ2) is 2.51. The minimum atomic E-state index is -0.920. The summed E-state index contributed by atoms with van der Waals surface area (Å²) in [5, 5.41) is 0. The minimum absolute atomic E-state index is 0.310. The van der Waals surface area contributed by atoms with Crippen LogP contribution in [0.3, 0.4) is 0 Å². The number of hydrogen-bond donors (Lipinski definition) is 0. The Hall–Kier alpha value is -1.32. The first kappa shape index (κ1) is 6.80. The van der Waals surface area contributed by atoms with E-state index in [2.05, 4.69) is 16.1 Å². The smallest absolute Gasteiger partial charge is 0.418 e. The maximum absolute atomic E-state index is 10.6. The van der Waals surface area contributed by atoms with E-state index >= 15 is 0 Å². The van der Waals surface area contributed by atoms with Crippen molar-refractivity contribution in [2.24, 2.45) is 0 Å². The summed E-state index contributed by atoms with van der Waals surface area (Å²) in [6.07, 6.45) is 0.108. The number of carbonyl (C=O) groups excluding carboxylic acids is 2. The molecule has 0 N–H and O–H groups in total. The molecule has 0 amide bonds. The summed E-state index contributed by atoms with van der Waals surface area (Å²) in [6, 6.07) is 0. The third kappa shape index (κ3) is 1.15. The molecule has 0 saturated carbocycles. The van der Waals surface area contributed by atoms with E-state index in [1.807, 2.05) is 0 Å². The number of cyclic esters (lactones) is 3. The minimum Gasteiger partial charge on any atom is -0.418 e. The largest absolute Gasteiger partial charge is 0.517 e. The van der Waals surface area contributed by atoms with Crippen LogP contribution in [-0.2, 0) is 14.3 Å². The zero-order valence-electron chi connectivity index (χ0n) is 5.20. The molecule has 54 valence electrons. The molecule has 0 aromatic heterocycles. The average Bonchev–Trinajstić information content (AvgIpc) is 2.13. The van der Waals surface area contributed by atoms with E-state index in [1.54, 1.807) is 0 Å². The summed E-state index contributed by atoms with van der Waals surface area (Å²) >= 11 is 0. The van der Waals surface area contributed by atoms with Crippen LogP contribution >= 0.6 is 0 Å². The molecule has 0 bridgehead atoms. The summed E-state index contributed by atoms with van der Waals surface area (Å²) in [5.74, 6) is -0.634. The van der Waals surface area contributed by atoms with Crippen LogP contribution in [0.4, 0.5) is 4.79 Å². The van der Waals surface area contributed by atoms with Crippen molar-refractivity contribution in [2.45, 2.75) is 12.5 Å². The van der Waals surface area contributed by atoms with Crippen LogP contribution in [0.1, 0.15) is 6.42 Å². The number of ether oxygens (including phenoxy) is 2. The van der Waals surface area contributed by atoms with Gasteiger partial charge < -0.3 is 9.47 Å². The quantitative estimate of drug-likeness (QED) is 0.322. The maximum atomic E-state index is 10.6. The lowest BCUT2D eigenvalue weighted by atomic mass is 10.2. The zero-order chi connectivity index (χ0) is 7.56. The number of hydrogen-bond acceptors (Lipinski definition) is 4. The van der Waals surface area contributed by atoms with Crippen LogP contribution in [0.5, 0.6) is 0 Å². The first-order valence-corrected chi connectivity index (χ1v) is 2.77. The van der Waals surface area contributed by atoms with E-state index < -0.39 is 18.2 Å². The fourth-order valence-corrected chi connectivity index (χ4v) is 0.632. The molecular formula is C6H6O4. The van der Waals surface area contributed by atoms with E-state index in [0.29, 0.717) is 6.42 Å². The monoisotopic (exact) mass is 142 g/mol. The van der Waals surface area contributed by atoms with Gasteiger partial charge in [-0.2, -0.15) is 0 Å². The van der Waals surface area contributed by atoms with Crippen molar-refractivity contribution < 1.29 is 19.1 Å². The Labute approximate surface area is 57.4 Å². The fraction of sp³-hybridized carbons (Fsp3) is 0.333. The first-order chi connectivity index (χ1) is 4.74. The SMILES string of the molecule is C=CCC1OC(=O)OC1=O. The number of esters is 1. The van der Waals surface area contributed by atoms with Crippen LogP contribution in [0.15, 0.2) is 12.7 Å². The molecule has 1 rings (SSSR count). The molecule has 0 radical (unpaired) electrons. The molecule has 4 heteroatoms. The lowest BCUT2D eigenvalue weighted by molar-refractivity contribution is -0.136. The van der Waals surface area contributed by atoms with Gasteiger partial charge in [-0.05, 0) is 0 Å². The molecule has 1 unspecified atom stereocenters. The topological polar surface area (TPSA) is 52.6 Å². The van der Waals surface area contributed by atoms with Crippen LogP contribution < -0.4 is 0 Å². The second-order valence-corrected chi connectivity index (χ2v) is 1.80. The number of rotatable bonds is 2. The van der Waals surface area contributed by atoms with Crippen molar-refractivity contribution in [1.29, 1.82) is 0 Å².